The van der Waals surface area contributed by atoms with Crippen LogP contribution in [0.5, 0.6) is 11.5 Å². The van der Waals surface area contributed by atoms with Gasteiger partial charge < -0.3 is 9.47 Å². The van der Waals surface area contributed by atoms with Crippen LogP contribution < -0.4 is 14.4 Å². The van der Waals surface area contributed by atoms with Crippen LogP contribution in [0.1, 0.15) is 5.56 Å². The van der Waals surface area contributed by atoms with Gasteiger partial charge in [0.15, 0.2) is 15.8 Å². The zero-order chi connectivity index (χ0) is 18.0. The lowest BCUT2D eigenvalue weighted by molar-refractivity contribution is -0.113. The van der Waals surface area contributed by atoms with Crippen LogP contribution in [0.15, 0.2) is 51.8 Å². The number of thioether (sulfide) groups is 1. The van der Waals surface area contributed by atoms with Crippen molar-refractivity contribution in [2.45, 2.75) is 0 Å². The summed E-state index contributed by atoms with van der Waals surface area (Å²) in [7, 11) is 3.16. The molecule has 0 bridgehead atoms. The number of carbonyl (C=O) groups excluding carboxylic acids is 1. The van der Waals surface area contributed by atoms with Gasteiger partial charge in [0.1, 0.15) is 0 Å². The number of amides is 1. The van der Waals surface area contributed by atoms with Gasteiger partial charge in [-0.25, -0.2) is 0 Å². The summed E-state index contributed by atoms with van der Waals surface area (Å²) in [6.07, 6.45) is 1.81. The summed E-state index contributed by atoms with van der Waals surface area (Å²) < 4.78 is 12.0. The number of ether oxygens (including phenoxy) is 2. The molecule has 1 heterocycles. The van der Waals surface area contributed by atoms with Gasteiger partial charge in [-0.15, -0.1) is 0 Å². The predicted molar refractivity (Wildman–Crippen MR) is 109 cm³/mol. The summed E-state index contributed by atoms with van der Waals surface area (Å²) in [5.41, 5.74) is 1.59. The molecule has 1 aliphatic rings. The number of thiocarbonyl (C=S) groups is 1. The van der Waals surface area contributed by atoms with E-state index < -0.39 is 0 Å². The summed E-state index contributed by atoms with van der Waals surface area (Å²) in [6, 6.07) is 13.0. The van der Waals surface area contributed by atoms with E-state index in [1.54, 1.807) is 31.3 Å². The summed E-state index contributed by atoms with van der Waals surface area (Å²) in [5.74, 6) is 1.12. The lowest BCUT2D eigenvalue weighted by Gasteiger charge is -2.14. The Balaban J connectivity index is 1.91. The average Bonchev–Trinajstić information content (AvgIpc) is 2.89. The number of benzene rings is 2. The molecule has 0 saturated carbocycles. The maximum absolute atomic E-state index is 12.8. The fourth-order valence-electron chi connectivity index (χ4n) is 2.37. The fourth-order valence-corrected chi connectivity index (χ4v) is 3.94. The first kappa shape index (κ1) is 18.0. The minimum atomic E-state index is -0.132. The van der Waals surface area contributed by atoms with Crippen molar-refractivity contribution in [3.8, 4) is 11.5 Å². The number of carbonyl (C=O) groups is 1. The molecule has 128 valence electrons. The lowest BCUT2D eigenvalue weighted by atomic mass is 10.2. The molecule has 0 spiro atoms. The molecule has 2 aromatic rings. The van der Waals surface area contributed by atoms with E-state index in [-0.39, 0.29) is 5.91 Å². The second-order valence-electron chi connectivity index (χ2n) is 5.11. The largest absolute Gasteiger partial charge is 0.493 e. The van der Waals surface area contributed by atoms with Crippen LogP contribution in [0.2, 0.25) is 0 Å². The Labute approximate surface area is 163 Å². The molecule has 1 saturated heterocycles. The first-order valence-electron chi connectivity index (χ1n) is 7.29. The van der Waals surface area contributed by atoms with E-state index in [1.807, 2.05) is 36.4 Å². The Hall–Kier alpha value is -1.83. The average molecular weight is 436 g/mol. The molecular formula is C18H14BrNO3S2. The minimum Gasteiger partial charge on any atom is -0.493 e. The second kappa shape index (κ2) is 7.59. The molecular weight excluding hydrogens is 422 g/mol. The monoisotopic (exact) mass is 435 g/mol. The number of halogens is 1. The predicted octanol–water partition coefficient (Wildman–Crippen LogP) is 4.87. The number of hydrogen-bond acceptors (Lipinski definition) is 5. The molecule has 0 radical (unpaired) electrons. The molecule has 1 aliphatic heterocycles. The number of hydrogen-bond donors (Lipinski definition) is 0. The SMILES string of the molecule is COc1ccc(/C=C2/SC(=S)N(c3ccc(Br)cc3)C2=O)cc1OC. The van der Waals surface area contributed by atoms with Crippen molar-refractivity contribution < 1.29 is 14.3 Å². The van der Waals surface area contributed by atoms with Gasteiger partial charge in [0.25, 0.3) is 5.91 Å². The number of anilines is 1. The minimum absolute atomic E-state index is 0.132. The maximum Gasteiger partial charge on any atom is 0.270 e. The van der Waals surface area contributed by atoms with Crippen LogP contribution in [-0.4, -0.2) is 24.4 Å². The van der Waals surface area contributed by atoms with Crippen LogP contribution in [0.25, 0.3) is 6.08 Å². The molecule has 0 N–H and O–H groups in total. The van der Waals surface area contributed by atoms with Crippen LogP contribution in [0, 0.1) is 0 Å². The molecule has 7 heteroatoms. The molecule has 0 unspecified atom stereocenters. The number of rotatable bonds is 4. The molecule has 0 aromatic heterocycles. The smallest absolute Gasteiger partial charge is 0.270 e. The Morgan fingerprint density at radius 1 is 1.08 bits per heavy atom. The van der Waals surface area contributed by atoms with Gasteiger partial charge in [-0.2, -0.15) is 0 Å². The van der Waals surface area contributed by atoms with Gasteiger partial charge in [-0.1, -0.05) is 46.0 Å². The van der Waals surface area contributed by atoms with Crippen molar-refractivity contribution in [3.63, 3.8) is 0 Å². The van der Waals surface area contributed by atoms with Crippen molar-refractivity contribution in [1.82, 2.24) is 0 Å². The van der Waals surface area contributed by atoms with Crippen molar-refractivity contribution >= 4 is 61.9 Å². The summed E-state index contributed by atoms with van der Waals surface area (Å²) in [6.45, 7) is 0. The van der Waals surface area contributed by atoms with E-state index in [0.29, 0.717) is 20.7 Å². The Morgan fingerprint density at radius 2 is 1.76 bits per heavy atom. The van der Waals surface area contributed by atoms with Gasteiger partial charge >= 0.3 is 0 Å². The van der Waals surface area contributed by atoms with Gasteiger partial charge in [0.05, 0.1) is 24.8 Å². The standard InChI is InChI=1S/C18H14BrNO3S2/c1-22-14-8-3-11(9-15(14)23-2)10-16-17(21)20(18(24)25-16)13-6-4-12(19)5-7-13/h3-10H,1-2H3/b16-10+. The van der Waals surface area contributed by atoms with Crippen LogP contribution >= 0.6 is 39.9 Å². The Bertz CT molecular complexity index is 865. The highest BCUT2D eigenvalue weighted by molar-refractivity contribution is 9.10. The topological polar surface area (TPSA) is 38.8 Å². The van der Waals surface area contributed by atoms with Crippen LogP contribution in [0.3, 0.4) is 0 Å². The van der Waals surface area contributed by atoms with Gasteiger partial charge in [0, 0.05) is 4.47 Å². The molecule has 0 aliphatic carbocycles. The van der Waals surface area contributed by atoms with E-state index in [0.717, 1.165) is 15.7 Å². The molecule has 25 heavy (non-hydrogen) atoms. The zero-order valence-corrected chi connectivity index (χ0v) is 16.7. The second-order valence-corrected chi connectivity index (χ2v) is 7.70. The van der Waals surface area contributed by atoms with E-state index in [9.17, 15) is 4.79 Å². The van der Waals surface area contributed by atoms with Crippen LogP contribution in [0.4, 0.5) is 5.69 Å². The van der Waals surface area contributed by atoms with Crippen molar-refractivity contribution in [3.05, 3.63) is 57.4 Å². The molecule has 3 rings (SSSR count). The van der Waals surface area contributed by atoms with Crippen molar-refractivity contribution in [2.75, 3.05) is 19.1 Å². The number of nitrogens with zero attached hydrogens (tertiary/aromatic N) is 1. The molecule has 2 aromatic carbocycles. The van der Waals surface area contributed by atoms with Gasteiger partial charge in [-0.05, 0) is 48.0 Å². The van der Waals surface area contributed by atoms with E-state index >= 15 is 0 Å². The van der Waals surface area contributed by atoms with E-state index in [2.05, 4.69) is 15.9 Å². The molecule has 1 amide bonds. The van der Waals surface area contributed by atoms with Gasteiger partial charge in [0.2, 0.25) is 0 Å². The molecule has 0 atom stereocenters. The first-order chi connectivity index (χ1) is 12.0. The third-order valence-corrected chi connectivity index (χ3v) is 5.41. The van der Waals surface area contributed by atoms with Crippen molar-refractivity contribution in [1.29, 1.82) is 0 Å². The van der Waals surface area contributed by atoms with E-state index in [4.69, 9.17) is 21.7 Å². The number of methoxy groups -OCH3 is 2. The summed E-state index contributed by atoms with van der Waals surface area (Å²) in [5, 5.41) is 0. The maximum atomic E-state index is 12.8. The van der Waals surface area contributed by atoms with Crippen LogP contribution in [-0.2, 0) is 4.79 Å². The highest BCUT2D eigenvalue weighted by Gasteiger charge is 2.33. The molecule has 4 nitrogen and oxygen atoms in total. The normalized spacial score (nSPS) is 15.8. The Kier molecular flexibility index (Phi) is 5.46. The third kappa shape index (κ3) is 3.73. The summed E-state index contributed by atoms with van der Waals surface area (Å²) in [4.78, 5) is 14.9. The lowest BCUT2D eigenvalue weighted by Crippen LogP contribution is -2.27. The Morgan fingerprint density at radius 3 is 2.40 bits per heavy atom. The first-order valence-corrected chi connectivity index (χ1v) is 9.31. The quantitative estimate of drug-likeness (QED) is 0.505. The molecule has 1 fully saturated rings. The fraction of sp³-hybridized carbons (Fsp3) is 0.111. The third-order valence-electron chi connectivity index (χ3n) is 3.58. The van der Waals surface area contributed by atoms with Gasteiger partial charge in [-0.3, -0.25) is 9.69 Å². The summed E-state index contributed by atoms with van der Waals surface area (Å²) >= 11 is 10.1. The van der Waals surface area contributed by atoms with E-state index in [1.165, 1.54) is 11.8 Å². The zero-order valence-electron chi connectivity index (χ0n) is 13.5. The highest BCUT2D eigenvalue weighted by atomic mass is 79.9. The van der Waals surface area contributed by atoms with Crippen molar-refractivity contribution in [2.24, 2.45) is 0 Å². The highest BCUT2D eigenvalue weighted by Crippen LogP contribution is 2.37.